The van der Waals surface area contributed by atoms with E-state index in [1.54, 1.807) is 24.3 Å². The lowest BCUT2D eigenvalue weighted by atomic mass is 9.95. The molecule has 2 fully saturated rings. The molecule has 3 amide bonds. The zero-order valence-corrected chi connectivity index (χ0v) is 22.0. The number of primary amides is 1. The van der Waals surface area contributed by atoms with Crippen LogP contribution in [0.5, 0.6) is 0 Å². The van der Waals surface area contributed by atoms with E-state index < -0.39 is 52.2 Å². The number of nitrogens with zero attached hydrogens (tertiary/aromatic N) is 3. The smallest absolute Gasteiger partial charge is 0.315 e. The highest BCUT2D eigenvalue weighted by Gasteiger charge is 2.41. The van der Waals surface area contributed by atoms with Gasteiger partial charge in [0.05, 0.1) is 6.26 Å². The van der Waals surface area contributed by atoms with Gasteiger partial charge in [-0.25, -0.2) is 8.42 Å². The molecule has 11 nitrogen and oxygen atoms in total. The van der Waals surface area contributed by atoms with Crippen molar-refractivity contribution in [2.75, 3.05) is 32.4 Å². The number of nitrogens with one attached hydrogen (secondary N) is 2. The molecule has 1 aromatic rings. The van der Waals surface area contributed by atoms with E-state index in [1.165, 1.54) is 14.1 Å². The number of likely N-dealkylation sites (tertiary alicyclic amines) is 2. The molecule has 1 aromatic carbocycles. The molecular formula is C24H34F2N6O5S. The van der Waals surface area contributed by atoms with Crippen LogP contribution in [0.1, 0.15) is 31.2 Å². The van der Waals surface area contributed by atoms with Crippen LogP contribution >= 0.6 is 0 Å². The first kappa shape index (κ1) is 29.4. The second-order valence-electron chi connectivity index (χ2n) is 9.70. The molecule has 210 valence electrons. The van der Waals surface area contributed by atoms with Gasteiger partial charge in [-0.15, -0.1) is 0 Å². The van der Waals surface area contributed by atoms with Crippen LogP contribution in [-0.2, 0) is 30.8 Å². The normalized spacial score (nSPS) is 19.6. The van der Waals surface area contributed by atoms with Crippen LogP contribution in [0.4, 0.5) is 8.78 Å². The summed E-state index contributed by atoms with van der Waals surface area (Å²) in [7, 11) is -3.88. The third kappa shape index (κ3) is 7.47. The van der Waals surface area contributed by atoms with Crippen LogP contribution < -0.4 is 11.1 Å². The molecule has 0 spiro atoms. The van der Waals surface area contributed by atoms with Crippen LogP contribution in [0.2, 0.25) is 0 Å². The maximum atomic E-state index is 13.8. The van der Waals surface area contributed by atoms with Crippen molar-refractivity contribution in [1.29, 1.82) is 5.41 Å². The molecule has 2 aliphatic rings. The summed E-state index contributed by atoms with van der Waals surface area (Å²) in [4.78, 5) is 39.8. The Hall–Kier alpha value is -3.13. The Morgan fingerprint density at radius 1 is 1.13 bits per heavy atom. The van der Waals surface area contributed by atoms with Gasteiger partial charge in [-0.2, -0.15) is 13.1 Å². The number of halogens is 2. The van der Waals surface area contributed by atoms with E-state index in [4.69, 9.17) is 11.1 Å². The fourth-order valence-electron chi connectivity index (χ4n) is 5.01. The number of alkyl halides is 2. The van der Waals surface area contributed by atoms with Gasteiger partial charge < -0.3 is 15.5 Å². The quantitative estimate of drug-likeness (QED) is 0.295. The number of hydrogen-bond donors (Lipinski definition) is 3. The molecule has 0 aromatic heterocycles. The first-order chi connectivity index (χ1) is 17.9. The van der Waals surface area contributed by atoms with Gasteiger partial charge in [-0.1, -0.05) is 30.3 Å². The number of carbonyl (C=O) groups excluding carboxylic acids is 3. The SMILES string of the molecule is CS(=O)(=O)N(CC1CCN(C(=N)NC(=O)C(F)F)CC1)[C@H](Cc1ccccc1)C(=O)N1CCC[C@H]1C(N)=O. The van der Waals surface area contributed by atoms with E-state index in [1.807, 2.05) is 11.4 Å². The van der Waals surface area contributed by atoms with E-state index in [2.05, 4.69) is 0 Å². The summed E-state index contributed by atoms with van der Waals surface area (Å²) in [6.07, 6.45) is -0.249. The van der Waals surface area contributed by atoms with Gasteiger partial charge in [0, 0.05) is 26.2 Å². The molecule has 3 rings (SSSR count). The Labute approximate surface area is 220 Å². The average molecular weight is 557 g/mol. The van der Waals surface area contributed by atoms with E-state index in [0.29, 0.717) is 32.2 Å². The number of carbonyl (C=O) groups is 3. The zero-order valence-electron chi connectivity index (χ0n) is 21.2. The van der Waals surface area contributed by atoms with Crippen molar-refractivity contribution < 1.29 is 31.6 Å². The average Bonchev–Trinajstić information content (AvgIpc) is 3.36. The van der Waals surface area contributed by atoms with Crippen molar-refractivity contribution in [1.82, 2.24) is 19.4 Å². The molecule has 2 heterocycles. The van der Waals surface area contributed by atoms with E-state index in [-0.39, 0.29) is 32.0 Å². The summed E-state index contributed by atoms with van der Waals surface area (Å²) in [6, 6.07) is 7.12. The van der Waals surface area contributed by atoms with Crippen LogP contribution in [0.3, 0.4) is 0 Å². The van der Waals surface area contributed by atoms with Crippen LogP contribution in [0.25, 0.3) is 0 Å². The molecule has 38 heavy (non-hydrogen) atoms. The lowest BCUT2D eigenvalue weighted by molar-refractivity contribution is -0.140. The third-order valence-electron chi connectivity index (χ3n) is 7.00. The molecule has 2 saturated heterocycles. The van der Waals surface area contributed by atoms with Gasteiger partial charge in [-0.05, 0) is 43.6 Å². The standard InChI is InChI=1S/C24H34F2N6O5S/c1-38(36,37)32(15-17-9-12-30(13-10-17)24(28)29-22(34)20(25)26)19(14-16-6-3-2-4-7-16)23(35)31-11-5-8-18(31)21(27)33/h2-4,6-7,17-20H,5,8-15H2,1H3,(H2,27,33)(H2,28,29,34)/t18-,19+/m0/s1. The zero-order chi connectivity index (χ0) is 28.0. The molecule has 2 atom stereocenters. The van der Waals surface area contributed by atoms with E-state index in [0.717, 1.165) is 11.8 Å². The maximum Gasteiger partial charge on any atom is 0.315 e. The Morgan fingerprint density at radius 2 is 1.76 bits per heavy atom. The lowest BCUT2D eigenvalue weighted by Crippen LogP contribution is -2.56. The summed E-state index contributed by atoms with van der Waals surface area (Å²) < 4.78 is 52.3. The number of piperidine rings is 1. The van der Waals surface area contributed by atoms with Gasteiger partial charge in [0.15, 0.2) is 5.96 Å². The number of hydrogen-bond acceptors (Lipinski definition) is 6. The summed E-state index contributed by atoms with van der Waals surface area (Å²) in [5, 5.41) is 9.74. The predicted octanol–water partition coefficient (Wildman–Crippen LogP) is 0.364. The predicted molar refractivity (Wildman–Crippen MR) is 136 cm³/mol. The van der Waals surface area contributed by atoms with E-state index >= 15 is 0 Å². The number of benzene rings is 1. The minimum atomic E-state index is -3.88. The first-order valence-corrected chi connectivity index (χ1v) is 14.3. The van der Waals surface area contributed by atoms with E-state index in [9.17, 15) is 31.6 Å². The number of nitrogens with two attached hydrogens (primary N) is 1. The molecule has 0 saturated carbocycles. The second kappa shape index (κ2) is 12.6. The molecule has 14 heteroatoms. The number of rotatable bonds is 9. The topological polar surface area (TPSA) is 157 Å². The van der Waals surface area contributed by atoms with Crippen LogP contribution in [-0.4, -0.2) is 97.1 Å². The fourth-order valence-corrected chi connectivity index (χ4v) is 6.11. The van der Waals surface area contributed by atoms with Gasteiger partial charge in [-0.3, -0.25) is 25.1 Å². The van der Waals surface area contributed by atoms with Crippen molar-refractivity contribution >= 4 is 33.7 Å². The van der Waals surface area contributed by atoms with Crippen molar-refractivity contribution in [2.45, 2.75) is 50.6 Å². The summed E-state index contributed by atoms with van der Waals surface area (Å²) >= 11 is 0. The largest absolute Gasteiger partial charge is 0.368 e. The molecule has 0 unspecified atom stereocenters. The minimum Gasteiger partial charge on any atom is -0.368 e. The molecule has 0 radical (unpaired) electrons. The van der Waals surface area contributed by atoms with Crippen molar-refractivity contribution in [3.05, 3.63) is 35.9 Å². The molecular weight excluding hydrogens is 522 g/mol. The van der Waals surface area contributed by atoms with Crippen LogP contribution in [0, 0.1) is 11.3 Å². The summed E-state index contributed by atoms with van der Waals surface area (Å²) in [6.45, 7) is 0.831. The number of guanidine groups is 1. The Morgan fingerprint density at radius 3 is 2.32 bits per heavy atom. The van der Waals surface area contributed by atoms with Crippen molar-refractivity contribution in [3.8, 4) is 0 Å². The summed E-state index contributed by atoms with van der Waals surface area (Å²) in [5.74, 6) is -3.28. The number of amides is 3. The Balaban J connectivity index is 1.79. The third-order valence-corrected chi connectivity index (χ3v) is 8.26. The van der Waals surface area contributed by atoms with Gasteiger partial charge in [0.1, 0.15) is 12.1 Å². The van der Waals surface area contributed by atoms with Gasteiger partial charge >= 0.3 is 6.43 Å². The van der Waals surface area contributed by atoms with Gasteiger partial charge in [0.2, 0.25) is 21.8 Å². The summed E-state index contributed by atoms with van der Waals surface area (Å²) in [5.41, 5.74) is 6.28. The van der Waals surface area contributed by atoms with Crippen LogP contribution in [0.15, 0.2) is 30.3 Å². The van der Waals surface area contributed by atoms with Gasteiger partial charge in [0.25, 0.3) is 5.91 Å². The highest BCUT2D eigenvalue weighted by Crippen LogP contribution is 2.26. The number of sulfonamides is 1. The highest BCUT2D eigenvalue weighted by molar-refractivity contribution is 7.88. The lowest BCUT2D eigenvalue weighted by Gasteiger charge is -2.38. The minimum absolute atomic E-state index is 0.0295. The Kier molecular flexibility index (Phi) is 9.77. The molecule has 2 aliphatic heterocycles. The monoisotopic (exact) mass is 556 g/mol. The molecule has 0 bridgehead atoms. The highest BCUT2D eigenvalue weighted by atomic mass is 32.2. The van der Waals surface area contributed by atoms with Crippen molar-refractivity contribution in [3.63, 3.8) is 0 Å². The van der Waals surface area contributed by atoms with Crippen molar-refractivity contribution in [2.24, 2.45) is 11.7 Å². The molecule has 4 N–H and O–H groups in total. The second-order valence-corrected chi connectivity index (χ2v) is 11.6. The fraction of sp³-hybridized carbons (Fsp3) is 0.583. The Bertz CT molecular complexity index is 1130. The maximum absolute atomic E-state index is 13.8. The molecule has 0 aliphatic carbocycles. The first-order valence-electron chi connectivity index (χ1n) is 12.4.